The topological polar surface area (TPSA) is 58.6 Å². The van der Waals surface area contributed by atoms with E-state index in [1.165, 1.54) is 0 Å². The van der Waals surface area contributed by atoms with Gasteiger partial charge in [0.25, 0.3) is 0 Å². The number of piperidine rings is 1. The first-order chi connectivity index (χ1) is 11.2. The van der Waals surface area contributed by atoms with Crippen molar-refractivity contribution in [2.45, 2.75) is 46.1 Å². The third-order valence-electron chi connectivity index (χ3n) is 4.31. The zero-order chi connectivity index (χ0) is 17.9. The number of aryl methyl sites for hydroxylation is 1. The molecule has 24 heavy (non-hydrogen) atoms. The lowest BCUT2D eigenvalue weighted by molar-refractivity contribution is 0.0851. The number of rotatable bonds is 3. The van der Waals surface area contributed by atoms with Crippen LogP contribution in [-0.4, -0.2) is 42.5 Å². The molecule has 0 saturated carbocycles. The summed E-state index contributed by atoms with van der Waals surface area (Å²) in [5.41, 5.74) is 1.45. The normalized spacial score (nSPS) is 16.0. The summed E-state index contributed by atoms with van der Waals surface area (Å²) in [5.74, 6) is 0.938. The second kappa shape index (κ2) is 7.24. The van der Waals surface area contributed by atoms with E-state index in [0.29, 0.717) is 25.9 Å². The van der Waals surface area contributed by atoms with Crippen LogP contribution in [0, 0.1) is 12.8 Å². The highest BCUT2D eigenvalue weighted by molar-refractivity contribution is 5.98. The smallest absolute Gasteiger partial charge is 0.317 e. The van der Waals surface area contributed by atoms with Crippen molar-refractivity contribution < 1.29 is 14.3 Å². The molecule has 132 valence electrons. The molecule has 0 spiro atoms. The highest BCUT2D eigenvalue weighted by atomic mass is 16.5. The minimum absolute atomic E-state index is 0.0171. The van der Waals surface area contributed by atoms with Crippen LogP contribution >= 0.6 is 0 Å². The second-order valence-corrected chi connectivity index (χ2v) is 7.49. The van der Waals surface area contributed by atoms with Crippen LogP contribution in [0.2, 0.25) is 0 Å². The summed E-state index contributed by atoms with van der Waals surface area (Å²) in [7, 11) is 1.63. The van der Waals surface area contributed by atoms with E-state index in [0.717, 1.165) is 16.9 Å². The largest absolute Gasteiger partial charge is 0.496 e. The molecule has 0 radical (unpaired) electrons. The van der Waals surface area contributed by atoms with E-state index >= 15 is 0 Å². The monoisotopic (exact) mass is 332 g/mol. The van der Waals surface area contributed by atoms with Crippen LogP contribution in [0.3, 0.4) is 0 Å². The molecule has 1 heterocycles. The van der Waals surface area contributed by atoms with Crippen molar-refractivity contribution >= 4 is 11.8 Å². The summed E-state index contributed by atoms with van der Waals surface area (Å²) >= 11 is 0. The molecule has 1 aliphatic heterocycles. The van der Waals surface area contributed by atoms with Crippen molar-refractivity contribution in [1.29, 1.82) is 0 Å². The van der Waals surface area contributed by atoms with Crippen molar-refractivity contribution in [3.8, 4) is 5.75 Å². The number of ketones is 1. The van der Waals surface area contributed by atoms with Gasteiger partial charge in [0.05, 0.1) is 7.11 Å². The Bertz CT molecular complexity index is 612. The minimum Gasteiger partial charge on any atom is -0.496 e. The van der Waals surface area contributed by atoms with Gasteiger partial charge in [-0.05, 0) is 64.3 Å². The van der Waals surface area contributed by atoms with Crippen molar-refractivity contribution in [3.05, 3.63) is 29.3 Å². The van der Waals surface area contributed by atoms with Crippen LogP contribution in [0.15, 0.2) is 18.2 Å². The maximum absolute atomic E-state index is 12.7. The number of carbonyl (C=O) groups excluding carboxylic acids is 2. The number of hydrogen-bond donors (Lipinski definition) is 1. The third kappa shape index (κ3) is 4.49. The molecule has 0 unspecified atom stereocenters. The lowest BCUT2D eigenvalue weighted by Gasteiger charge is -2.33. The molecule has 5 nitrogen and oxygen atoms in total. The molecule has 0 atom stereocenters. The molecule has 2 rings (SSSR count). The summed E-state index contributed by atoms with van der Waals surface area (Å²) in [6.07, 6.45) is 1.42. The Morgan fingerprint density at radius 3 is 2.33 bits per heavy atom. The first-order valence-electron chi connectivity index (χ1n) is 8.47. The van der Waals surface area contributed by atoms with Crippen molar-refractivity contribution in [3.63, 3.8) is 0 Å². The number of amides is 2. The van der Waals surface area contributed by atoms with Gasteiger partial charge in [-0.2, -0.15) is 0 Å². The van der Waals surface area contributed by atoms with E-state index < -0.39 is 0 Å². The quantitative estimate of drug-likeness (QED) is 0.863. The average Bonchev–Trinajstić information content (AvgIpc) is 2.52. The summed E-state index contributed by atoms with van der Waals surface area (Å²) in [6, 6.07) is 5.51. The average molecular weight is 332 g/mol. The number of methoxy groups -OCH3 is 1. The second-order valence-electron chi connectivity index (χ2n) is 7.49. The van der Waals surface area contributed by atoms with Gasteiger partial charge in [0.2, 0.25) is 0 Å². The Labute approximate surface area is 144 Å². The zero-order valence-electron chi connectivity index (χ0n) is 15.3. The van der Waals surface area contributed by atoms with E-state index in [-0.39, 0.29) is 23.3 Å². The molecular formula is C19H28N2O3. The number of Topliss-reactive ketones (excluding diaryl/α,β-unsaturated/α-hetero) is 1. The van der Waals surface area contributed by atoms with Crippen LogP contribution in [0.25, 0.3) is 0 Å². The van der Waals surface area contributed by atoms with Gasteiger partial charge in [0.15, 0.2) is 5.78 Å². The SMILES string of the molecule is COc1ccc(C(=O)C2CCN(C(=O)NC(C)(C)C)CC2)cc1C. The Kier molecular flexibility index (Phi) is 5.52. The van der Waals surface area contributed by atoms with Gasteiger partial charge in [0, 0.05) is 30.1 Å². The molecule has 1 saturated heterocycles. The van der Waals surface area contributed by atoms with Crippen molar-refractivity contribution in [2.24, 2.45) is 5.92 Å². The summed E-state index contributed by atoms with van der Waals surface area (Å²) < 4.78 is 5.24. The molecule has 0 bridgehead atoms. The summed E-state index contributed by atoms with van der Waals surface area (Å²) in [6.45, 7) is 9.07. The molecular weight excluding hydrogens is 304 g/mol. The van der Waals surface area contributed by atoms with Crippen LogP contribution in [0.1, 0.15) is 49.5 Å². The van der Waals surface area contributed by atoms with Gasteiger partial charge in [-0.25, -0.2) is 4.79 Å². The molecule has 0 aromatic heterocycles. The standard InChI is InChI=1S/C19H28N2O3/c1-13-12-15(6-7-16(13)24-5)17(22)14-8-10-21(11-9-14)18(23)20-19(2,3)4/h6-7,12,14H,8-11H2,1-5H3,(H,20,23). The van der Waals surface area contributed by atoms with E-state index in [4.69, 9.17) is 4.74 Å². The van der Waals surface area contributed by atoms with Crippen molar-refractivity contribution in [2.75, 3.05) is 20.2 Å². The van der Waals surface area contributed by atoms with Crippen LogP contribution < -0.4 is 10.1 Å². The Morgan fingerprint density at radius 1 is 1.21 bits per heavy atom. The van der Waals surface area contributed by atoms with E-state index in [2.05, 4.69) is 5.32 Å². The molecule has 1 N–H and O–H groups in total. The van der Waals surface area contributed by atoms with Gasteiger partial charge in [-0.1, -0.05) is 0 Å². The first kappa shape index (κ1) is 18.3. The van der Waals surface area contributed by atoms with E-state index in [1.54, 1.807) is 12.0 Å². The van der Waals surface area contributed by atoms with Gasteiger partial charge < -0.3 is 15.0 Å². The van der Waals surface area contributed by atoms with Crippen LogP contribution in [0.5, 0.6) is 5.75 Å². The van der Waals surface area contributed by atoms with E-state index in [9.17, 15) is 9.59 Å². The predicted octanol–water partition coefficient (Wildman–Crippen LogP) is 3.41. The molecule has 1 aliphatic rings. The Morgan fingerprint density at radius 2 is 1.83 bits per heavy atom. The van der Waals surface area contributed by atoms with Crippen LogP contribution in [-0.2, 0) is 0 Å². The molecule has 1 aromatic carbocycles. The van der Waals surface area contributed by atoms with Gasteiger partial charge in [-0.15, -0.1) is 0 Å². The zero-order valence-corrected chi connectivity index (χ0v) is 15.3. The third-order valence-corrected chi connectivity index (χ3v) is 4.31. The summed E-state index contributed by atoms with van der Waals surface area (Å²) in [5, 5.41) is 2.97. The number of likely N-dealkylation sites (tertiary alicyclic amines) is 1. The minimum atomic E-state index is -0.246. The highest BCUT2D eigenvalue weighted by Gasteiger charge is 2.29. The fourth-order valence-corrected chi connectivity index (χ4v) is 3.01. The van der Waals surface area contributed by atoms with Gasteiger partial charge >= 0.3 is 6.03 Å². The number of nitrogens with zero attached hydrogens (tertiary/aromatic N) is 1. The number of carbonyl (C=O) groups is 2. The maximum atomic E-state index is 12.7. The molecule has 1 fully saturated rings. The van der Waals surface area contributed by atoms with E-state index in [1.807, 2.05) is 45.9 Å². The highest BCUT2D eigenvalue weighted by Crippen LogP contribution is 2.25. The molecule has 1 aromatic rings. The molecule has 0 aliphatic carbocycles. The first-order valence-corrected chi connectivity index (χ1v) is 8.47. The molecule has 2 amide bonds. The van der Waals surface area contributed by atoms with Crippen molar-refractivity contribution in [1.82, 2.24) is 10.2 Å². The number of urea groups is 1. The number of nitrogens with one attached hydrogen (secondary N) is 1. The lowest BCUT2D eigenvalue weighted by Crippen LogP contribution is -2.51. The number of benzene rings is 1. The van der Waals surface area contributed by atoms with Gasteiger partial charge in [0.1, 0.15) is 5.75 Å². The molecule has 5 heteroatoms. The van der Waals surface area contributed by atoms with Crippen LogP contribution in [0.4, 0.5) is 4.79 Å². The predicted molar refractivity (Wildman–Crippen MR) is 94.6 cm³/mol. The van der Waals surface area contributed by atoms with Gasteiger partial charge in [-0.3, -0.25) is 4.79 Å². The fraction of sp³-hybridized carbons (Fsp3) is 0.579. The Hall–Kier alpha value is -2.04. The number of hydrogen-bond acceptors (Lipinski definition) is 3. The maximum Gasteiger partial charge on any atom is 0.317 e. The lowest BCUT2D eigenvalue weighted by atomic mass is 9.88. The Balaban J connectivity index is 1.95. The number of ether oxygens (including phenoxy) is 1. The summed E-state index contributed by atoms with van der Waals surface area (Å²) in [4.78, 5) is 26.7. The fourth-order valence-electron chi connectivity index (χ4n) is 3.01.